The molecule has 0 saturated carbocycles. The summed E-state index contributed by atoms with van der Waals surface area (Å²) in [5, 5.41) is 23.2. The molecule has 0 bridgehead atoms. The van der Waals surface area contributed by atoms with Crippen LogP contribution in [0.15, 0.2) is 12.5 Å². The predicted molar refractivity (Wildman–Crippen MR) is 117 cm³/mol. The molecule has 182 valence electrons. The summed E-state index contributed by atoms with van der Waals surface area (Å²) in [5.41, 5.74) is 6.50. The van der Waals surface area contributed by atoms with Crippen molar-refractivity contribution in [1.29, 1.82) is 0 Å². The van der Waals surface area contributed by atoms with Crippen molar-refractivity contribution in [1.82, 2.24) is 25.5 Å². The van der Waals surface area contributed by atoms with E-state index in [9.17, 15) is 29.1 Å². The van der Waals surface area contributed by atoms with Crippen LogP contribution in [0.1, 0.15) is 31.4 Å². The number of carbonyl (C=O) groups is 5. The van der Waals surface area contributed by atoms with Gasteiger partial charge in [0.15, 0.2) is 0 Å². The number of aliphatic carboxylic acids is 2. The highest BCUT2D eigenvalue weighted by molar-refractivity contribution is 7.80. The minimum absolute atomic E-state index is 0.115. The molecule has 4 atom stereocenters. The van der Waals surface area contributed by atoms with Crippen LogP contribution < -0.4 is 16.4 Å². The van der Waals surface area contributed by atoms with E-state index in [2.05, 4.69) is 33.2 Å². The van der Waals surface area contributed by atoms with Gasteiger partial charge in [0, 0.05) is 37.0 Å². The average Bonchev–Trinajstić information content (AvgIpc) is 3.45. The predicted octanol–water partition coefficient (Wildman–Crippen LogP) is -1.88. The molecular weight excluding hydrogens is 456 g/mol. The molecule has 1 aromatic heterocycles. The van der Waals surface area contributed by atoms with Crippen LogP contribution in [-0.4, -0.2) is 91.2 Å². The largest absolute Gasteiger partial charge is 0.481 e. The molecule has 7 N–H and O–H groups in total. The molecule has 1 aromatic rings. The minimum Gasteiger partial charge on any atom is -0.481 e. The Bertz CT molecular complexity index is 865. The second kappa shape index (κ2) is 12.2. The van der Waals surface area contributed by atoms with Crippen molar-refractivity contribution in [3.8, 4) is 0 Å². The van der Waals surface area contributed by atoms with Crippen LogP contribution in [0.2, 0.25) is 0 Å². The smallest absolute Gasteiger partial charge is 0.326 e. The van der Waals surface area contributed by atoms with Gasteiger partial charge < -0.3 is 36.5 Å². The van der Waals surface area contributed by atoms with Gasteiger partial charge in [-0.05, 0) is 19.3 Å². The van der Waals surface area contributed by atoms with Crippen LogP contribution >= 0.6 is 12.6 Å². The number of aromatic amines is 1. The maximum Gasteiger partial charge on any atom is 0.326 e. The minimum atomic E-state index is -1.27. The first-order chi connectivity index (χ1) is 15.6. The van der Waals surface area contributed by atoms with Crippen LogP contribution in [0.4, 0.5) is 0 Å². The summed E-state index contributed by atoms with van der Waals surface area (Å²) in [6, 6.07) is -4.44. The maximum atomic E-state index is 12.9. The van der Waals surface area contributed by atoms with E-state index in [1.165, 1.54) is 12.5 Å². The second-order valence-electron chi connectivity index (χ2n) is 7.65. The van der Waals surface area contributed by atoms with Crippen LogP contribution in [0.25, 0.3) is 0 Å². The summed E-state index contributed by atoms with van der Waals surface area (Å²) in [7, 11) is 0. The Morgan fingerprint density at radius 1 is 1.21 bits per heavy atom. The number of carboxylic acid groups (broad SMARTS) is 2. The molecule has 13 nitrogen and oxygen atoms in total. The fourth-order valence-corrected chi connectivity index (χ4v) is 3.74. The summed E-state index contributed by atoms with van der Waals surface area (Å²) in [5.74, 6) is -4.54. The van der Waals surface area contributed by atoms with Crippen molar-refractivity contribution < 1.29 is 34.2 Å². The Morgan fingerprint density at radius 3 is 2.48 bits per heavy atom. The molecule has 2 rings (SSSR count). The van der Waals surface area contributed by atoms with E-state index in [1.807, 2.05) is 0 Å². The summed E-state index contributed by atoms with van der Waals surface area (Å²) in [6.07, 6.45) is 3.18. The first kappa shape index (κ1) is 26.1. The Kier molecular flexibility index (Phi) is 9.66. The lowest BCUT2D eigenvalue weighted by Gasteiger charge is -2.28. The number of nitrogens with two attached hydrogens (primary N) is 1. The molecular formula is C19H28N6O7S. The van der Waals surface area contributed by atoms with Crippen LogP contribution in [0, 0.1) is 0 Å². The Labute approximate surface area is 194 Å². The lowest BCUT2D eigenvalue weighted by atomic mass is 10.1. The number of hydrogen-bond donors (Lipinski definition) is 7. The number of imidazole rings is 1. The number of nitrogens with zero attached hydrogens (tertiary/aromatic N) is 2. The van der Waals surface area contributed by atoms with E-state index >= 15 is 0 Å². The van der Waals surface area contributed by atoms with Gasteiger partial charge in [-0.25, -0.2) is 9.78 Å². The van der Waals surface area contributed by atoms with Gasteiger partial charge in [0.25, 0.3) is 0 Å². The second-order valence-corrected chi connectivity index (χ2v) is 8.02. The lowest BCUT2D eigenvalue weighted by Crippen LogP contribution is -2.57. The van der Waals surface area contributed by atoms with Gasteiger partial charge in [0.2, 0.25) is 17.7 Å². The molecule has 3 amide bonds. The van der Waals surface area contributed by atoms with Crippen molar-refractivity contribution in [2.75, 3.05) is 12.3 Å². The Hall–Kier alpha value is -3.13. The van der Waals surface area contributed by atoms with E-state index in [0.29, 0.717) is 12.1 Å². The topological polar surface area (TPSA) is 208 Å². The van der Waals surface area contributed by atoms with E-state index < -0.39 is 60.2 Å². The lowest BCUT2D eigenvalue weighted by molar-refractivity contribution is -0.150. The average molecular weight is 485 g/mol. The molecule has 0 aromatic carbocycles. The molecule has 1 saturated heterocycles. The number of likely N-dealkylation sites (tertiary alicyclic amines) is 1. The van der Waals surface area contributed by atoms with Crippen LogP contribution in [0.3, 0.4) is 0 Å². The Balaban J connectivity index is 2.05. The number of carbonyl (C=O) groups excluding carboxylic acids is 3. The van der Waals surface area contributed by atoms with E-state index in [0.717, 1.165) is 4.90 Å². The SMILES string of the molecule is NC(Cc1cnc[nH]1)C(=O)NC(CS)C(=O)NC(CCC(=O)O)C(=O)N1CCCC1C(=O)O. The van der Waals surface area contributed by atoms with Crippen molar-refractivity contribution in [3.05, 3.63) is 18.2 Å². The molecule has 1 aliphatic rings. The standard InChI is InChI=1S/C19H28N6O7S/c20-11(6-10-7-21-9-22-10)16(28)24-13(8-33)17(29)23-12(3-4-15(26)27)18(30)25-5-1-2-14(25)19(31)32/h7,9,11-14,33H,1-6,8,20H2,(H,21,22)(H,23,29)(H,24,28)(H,26,27)(H,31,32). The highest BCUT2D eigenvalue weighted by Gasteiger charge is 2.38. The molecule has 1 fully saturated rings. The fourth-order valence-electron chi connectivity index (χ4n) is 3.48. The zero-order valence-corrected chi connectivity index (χ0v) is 18.7. The van der Waals surface area contributed by atoms with Gasteiger partial charge in [0.1, 0.15) is 18.1 Å². The summed E-state index contributed by atoms with van der Waals surface area (Å²) in [4.78, 5) is 68.4. The first-order valence-electron chi connectivity index (χ1n) is 10.3. The molecule has 0 aliphatic carbocycles. The third-order valence-electron chi connectivity index (χ3n) is 5.23. The monoisotopic (exact) mass is 484 g/mol. The molecule has 2 heterocycles. The van der Waals surface area contributed by atoms with Crippen molar-refractivity contribution in [2.24, 2.45) is 5.73 Å². The number of thiol groups is 1. The molecule has 14 heteroatoms. The van der Waals surface area contributed by atoms with E-state index in [-0.39, 0.29) is 31.6 Å². The molecule has 0 radical (unpaired) electrons. The van der Waals surface area contributed by atoms with E-state index in [4.69, 9.17) is 10.8 Å². The number of nitrogens with one attached hydrogen (secondary N) is 3. The summed E-state index contributed by atoms with van der Waals surface area (Å²) >= 11 is 4.07. The molecule has 33 heavy (non-hydrogen) atoms. The highest BCUT2D eigenvalue weighted by Crippen LogP contribution is 2.19. The van der Waals surface area contributed by atoms with Crippen molar-refractivity contribution in [2.45, 2.75) is 56.3 Å². The summed E-state index contributed by atoms with van der Waals surface area (Å²) in [6.45, 7) is 0.185. The molecule has 4 unspecified atom stereocenters. The van der Waals surface area contributed by atoms with Gasteiger partial charge in [-0.15, -0.1) is 0 Å². The normalized spacial score (nSPS) is 18.2. The zero-order valence-electron chi connectivity index (χ0n) is 17.8. The van der Waals surface area contributed by atoms with Crippen molar-refractivity contribution >= 4 is 42.3 Å². The van der Waals surface area contributed by atoms with Crippen molar-refractivity contribution in [3.63, 3.8) is 0 Å². The molecule has 0 spiro atoms. The Morgan fingerprint density at radius 2 is 1.91 bits per heavy atom. The van der Waals surface area contributed by atoms with Gasteiger partial charge in [-0.3, -0.25) is 19.2 Å². The van der Waals surface area contributed by atoms with Crippen LogP contribution in [-0.2, 0) is 30.4 Å². The fraction of sp³-hybridized carbons (Fsp3) is 0.579. The third kappa shape index (κ3) is 7.46. The first-order valence-corrected chi connectivity index (χ1v) is 11.0. The number of rotatable bonds is 12. The molecule has 1 aliphatic heterocycles. The number of hydrogen-bond acceptors (Lipinski definition) is 8. The van der Waals surface area contributed by atoms with Gasteiger partial charge in [-0.1, -0.05) is 0 Å². The van der Waals surface area contributed by atoms with Crippen LogP contribution in [0.5, 0.6) is 0 Å². The van der Waals surface area contributed by atoms with Gasteiger partial charge in [0.05, 0.1) is 12.4 Å². The van der Waals surface area contributed by atoms with E-state index in [1.54, 1.807) is 0 Å². The third-order valence-corrected chi connectivity index (χ3v) is 5.59. The quantitative estimate of drug-likeness (QED) is 0.165. The zero-order chi connectivity index (χ0) is 24.5. The van der Waals surface area contributed by atoms with Gasteiger partial charge >= 0.3 is 11.9 Å². The number of aromatic nitrogens is 2. The number of carboxylic acids is 2. The number of amides is 3. The summed E-state index contributed by atoms with van der Waals surface area (Å²) < 4.78 is 0. The van der Waals surface area contributed by atoms with Gasteiger partial charge in [-0.2, -0.15) is 12.6 Å². The highest BCUT2D eigenvalue weighted by atomic mass is 32.1. The number of H-pyrrole nitrogens is 1. The maximum absolute atomic E-state index is 12.9.